The van der Waals surface area contributed by atoms with Crippen LogP contribution in [0.1, 0.15) is 16.7 Å². The van der Waals surface area contributed by atoms with Crippen LogP contribution in [-0.4, -0.2) is 28.7 Å². The number of rotatable bonds is 7. The van der Waals surface area contributed by atoms with E-state index in [0.717, 1.165) is 67.4 Å². The molecule has 0 aliphatic rings. The molecule has 0 bridgehead atoms. The zero-order valence-corrected chi connectivity index (χ0v) is 66.4. The zero-order valence-electron chi connectivity index (χ0n) is 66.4. The lowest BCUT2D eigenvalue weighted by Gasteiger charge is -2.15. The number of fused-ring (bicyclic) bond motifs is 27. The monoisotopic (exact) mass is 1530 g/mol. The largest absolute Gasteiger partial charge is 0.309 e. The van der Waals surface area contributed by atoms with E-state index in [1.54, 1.807) is 0 Å². The van der Waals surface area contributed by atoms with Gasteiger partial charge in [-0.3, -0.25) is 0 Å². The van der Waals surface area contributed by atoms with Gasteiger partial charge in [0.15, 0.2) is 0 Å². The second-order valence-electron chi connectivity index (χ2n) is 31.8. The molecule has 6 nitrogen and oxygen atoms in total. The highest BCUT2D eigenvalue weighted by Crippen LogP contribution is 2.45. The van der Waals surface area contributed by atoms with Crippen molar-refractivity contribution in [1.82, 2.24) is 28.7 Å². The van der Waals surface area contributed by atoms with E-state index in [2.05, 4.69) is 441 Å². The second-order valence-corrected chi connectivity index (χ2v) is 31.8. The molecule has 0 atom stereocenters. The molecule has 0 aliphatic heterocycles. The van der Waals surface area contributed by atoms with Gasteiger partial charge in [-0.05, 0) is 196 Å². The summed E-state index contributed by atoms with van der Waals surface area (Å²) in [7, 11) is 0. The van der Waals surface area contributed by atoms with Gasteiger partial charge in [-0.15, -0.1) is 0 Å². The van der Waals surface area contributed by atoms with E-state index in [9.17, 15) is 0 Å². The maximum Gasteiger partial charge on any atom is 0.0794 e. The first-order valence-corrected chi connectivity index (χ1v) is 41.3. The van der Waals surface area contributed by atoms with Crippen LogP contribution in [0.5, 0.6) is 0 Å². The van der Waals surface area contributed by atoms with Gasteiger partial charge in [0.2, 0.25) is 0 Å². The summed E-state index contributed by atoms with van der Waals surface area (Å²) < 4.78 is 7.20. The van der Waals surface area contributed by atoms with E-state index in [-0.39, 0.29) is 0 Å². The minimum absolute atomic E-state index is 0.968. The lowest BCUT2D eigenvalue weighted by atomic mass is 9.96. The van der Waals surface area contributed by atoms with Crippen molar-refractivity contribution < 1.29 is 0 Å². The van der Waals surface area contributed by atoms with E-state index < -0.39 is 0 Å². The number of hydrogen-bond acceptors (Lipinski definition) is 3. The molecular formula is C114H76N6. The van der Waals surface area contributed by atoms with Gasteiger partial charge in [0.1, 0.15) is 0 Å². The Hall–Kier alpha value is -15.6. The fourth-order valence-corrected chi connectivity index (χ4v) is 19.3. The molecule has 6 aromatic heterocycles. The van der Waals surface area contributed by atoms with E-state index >= 15 is 0 Å². The van der Waals surface area contributed by atoms with Crippen LogP contribution < -0.4 is 0 Å². The molecule has 6 heteroatoms. The second kappa shape index (κ2) is 28.4. The number of para-hydroxylation sites is 5. The summed E-state index contributed by atoms with van der Waals surface area (Å²) in [4.78, 5) is 16.1. The smallest absolute Gasteiger partial charge is 0.0794 e. The van der Waals surface area contributed by atoms with Gasteiger partial charge < -0.3 is 13.7 Å². The molecule has 120 heavy (non-hydrogen) atoms. The van der Waals surface area contributed by atoms with Crippen molar-refractivity contribution in [3.05, 3.63) is 423 Å². The molecule has 0 N–H and O–H groups in total. The average molecular weight is 1530 g/mol. The molecule has 562 valence electrons. The van der Waals surface area contributed by atoms with Crippen LogP contribution in [-0.2, 0) is 0 Å². The van der Waals surface area contributed by atoms with E-state index in [1.807, 2.05) is 0 Å². The molecule has 0 saturated carbocycles. The summed E-state index contributed by atoms with van der Waals surface area (Å²) >= 11 is 0. The number of nitrogens with zero attached hydrogens (tertiary/aromatic N) is 6. The molecule has 0 spiro atoms. The van der Waals surface area contributed by atoms with Crippen LogP contribution in [0, 0.1) is 20.8 Å². The summed E-state index contributed by atoms with van der Waals surface area (Å²) in [5, 5.41) is 26.0. The maximum atomic E-state index is 5.39. The van der Waals surface area contributed by atoms with Crippen LogP contribution in [0.4, 0.5) is 0 Å². The minimum Gasteiger partial charge on any atom is -0.309 e. The molecule has 6 heterocycles. The summed E-state index contributed by atoms with van der Waals surface area (Å²) in [6.45, 7) is 6.49. The zero-order chi connectivity index (χ0) is 79.6. The highest BCUT2D eigenvalue weighted by Gasteiger charge is 2.23. The molecule has 0 amide bonds. The fraction of sp³-hybridized carbons (Fsp3) is 0.0263. The molecule has 0 saturated heterocycles. The van der Waals surface area contributed by atoms with E-state index in [4.69, 9.17) is 15.0 Å². The van der Waals surface area contributed by atoms with Crippen molar-refractivity contribution in [1.29, 1.82) is 0 Å². The number of aromatic nitrogens is 6. The first kappa shape index (κ1) is 69.8. The van der Waals surface area contributed by atoms with Crippen LogP contribution >= 0.6 is 0 Å². The third-order valence-corrected chi connectivity index (χ3v) is 24.7. The molecule has 25 aromatic rings. The van der Waals surface area contributed by atoms with E-state index in [1.165, 1.54) is 174 Å². The Balaban J connectivity index is 0.000000105. The molecule has 0 unspecified atom stereocenters. The third kappa shape index (κ3) is 11.4. The first-order chi connectivity index (χ1) is 59.3. The first-order valence-electron chi connectivity index (χ1n) is 41.3. The number of hydrogen-bond donors (Lipinski definition) is 0. The van der Waals surface area contributed by atoms with Crippen LogP contribution in [0.15, 0.2) is 406 Å². The summed E-state index contributed by atoms with van der Waals surface area (Å²) in [6, 6.07) is 146. The molecular weight excluding hydrogens is 1450 g/mol. The number of pyridine rings is 3. The average Bonchev–Trinajstić information content (AvgIpc) is 1.47. The minimum atomic E-state index is 0.968. The van der Waals surface area contributed by atoms with E-state index in [0.29, 0.717) is 0 Å². The van der Waals surface area contributed by atoms with Crippen molar-refractivity contribution in [2.24, 2.45) is 0 Å². The molecule has 0 fully saturated rings. The Bertz CT molecular complexity index is 8370. The van der Waals surface area contributed by atoms with Gasteiger partial charge in [-0.25, -0.2) is 15.0 Å². The Labute approximate surface area is 692 Å². The van der Waals surface area contributed by atoms with Crippen molar-refractivity contribution in [3.8, 4) is 62.0 Å². The van der Waals surface area contributed by atoms with Crippen molar-refractivity contribution in [2.75, 3.05) is 0 Å². The topological polar surface area (TPSA) is 53.5 Å². The molecule has 0 radical (unpaired) electrons. The fourth-order valence-electron chi connectivity index (χ4n) is 19.3. The SMILES string of the molecule is Cc1ccc2c(c1)c1cc(C)ccc1n2-c1ccccc1-c1ccc2c3ccccc3c3ccccc3c2n1.Cc1ccc2c(c1)c1ccccc1n2-c1ccccc1-c1ccc2c3ccccc3c3ccccc3c2n1.c1ccc(-c2ccc3c(c2)c2ccccc2n3-c2ccccc2-c2ccc3c4ccccc4c4ccccc4c3n2)cc1. The van der Waals surface area contributed by atoms with Gasteiger partial charge in [0.25, 0.3) is 0 Å². The lowest BCUT2D eigenvalue weighted by molar-refractivity contribution is 1.17. The molecule has 19 aromatic carbocycles. The normalized spacial score (nSPS) is 11.8. The van der Waals surface area contributed by atoms with Crippen molar-refractivity contribution in [3.63, 3.8) is 0 Å². The summed E-state index contributed by atoms with van der Waals surface area (Å²) in [5.74, 6) is 0. The quantitative estimate of drug-likeness (QED) is 0.149. The Morgan fingerprint density at radius 3 is 0.725 bits per heavy atom. The van der Waals surface area contributed by atoms with Gasteiger partial charge >= 0.3 is 0 Å². The van der Waals surface area contributed by atoms with Gasteiger partial charge in [-0.2, -0.15) is 0 Å². The van der Waals surface area contributed by atoms with Crippen molar-refractivity contribution >= 4 is 163 Å². The standard InChI is InChI=1S/C41H26N2.C37H26N2.C36H24N2/c1-2-12-27(13-3-1)28-22-25-40-36(26-28)32-17-8-10-20-38(32)43(40)39-21-11-9-19-35(39)37-24-23-34-31-16-5-4-14-29(31)30-15-6-7-18-33(30)41(34)42-37;1-23-15-19-35-31(21-23)32-22-24(2)16-20-36(32)39(35)34-14-8-7-13-30(34)33-18-17-29-27-11-4-3-9-25(27)26-10-5-6-12-28(26)37(29)38-33;1-23-18-21-35-31(22-23)27-13-6-8-16-33(27)38(35)34-17-9-7-15-30(34)32-20-19-29-26-12-3-2-10-24(26)25-11-4-5-14-28(25)36(29)37-32/h1-26H;3-22H,1-2H3;2-22H,1H3. The Morgan fingerprint density at radius 2 is 0.392 bits per heavy atom. The highest BCUT2D eigenvalue weighted by molar-refractivity contribution is 6.27. The Morgan fingerprint density at radius 1 is 0.158 bits per heavy atom. The predicted molar refractivity (Wildman–Crippen MR) is 509 cm³/mol. The predicted octanol–water partition coefficient (Wildman–Crippen LogP) is 30.5. The number of benzene rings is 19. The van der Waals surface area contributed by atoms with Gasteiger partial charge in [0.05, 0.1) is 83.8 Å². The highest BCUT2D eigenvalue weighted by atomic mass is 15.0. The Kier molecular flexibility index (Phi) is 16.5. The molecule has 0 aliphatic carbocycles. The van der Waals surface area contributed by atoms with Crippen molar-refractivity contribution in [2.45, 2.75) is 20.8 Å². The number of aryl methyl sites for hydroxylation is 3. The molecule has 25 rings (SSSR count). The third-order valence-electron chi connectivity index (χ3n) is 24.7. The lowest BCUT2D eigenvalue weighted by Crippen LogP contribution is -1.98. The van der Waals surface area contributed by atoms with Crippen LogP contribution in [0.3, 0.4) is 0 Å². The van der Waals surface area contributed by atoms with Crippen LogP contribution in [0.25, 0.3) is 225 Å². The maximum absolute atomic E-state index is 5.39. The van der Waals surface area contributed by atoms with Gasteiger partial charge in [0, 0.05) is 81.3 Å². The van der Waals surface area contributed by atoms with Crippen LogP contribution in [0.2, 0.25) is 0 Å². The summed E-state index contributed by atoms with van der Waals surface area (Å²) in [6.07, 6.45) is 0. The van der Waals surface area contributed by atoms with Gasteiger partial charge in [-0.1, -0.05) is 308 Å². The summed E-state index contributed by atoms with van der Waals surface area (Å²) in [5.41, 5.74) is 26.3.